The average molecular weight is 357 g/mol. The van der Waals surface area contributed by atoms with Crippen LogP contribution >= 0.6 is 0 Å². The molecule has 1 aromatic heterocycles. The van der Waals surface area contributed by atoms with Gasteiger partial charge >= 0.3 is 5.97 Å². The number of unbranched alkanes of at least 4 members (excludes halogenated alkanes) is 1. The monoisotopic (exact) mass is 357 g/mol. The van der Waals surface area contributed by atoms with Crippen LogP contribution in [0, 0.1) is 6.92 Å². The summed E-state index contributed by atoms with van der Waals surface area (Å²) >= 11 is 0. The molecule has 0 radical (unpaired) electrons. The van der Waals surface area contributed by atoms with Gasteiger partial charge in [0.1, 0.15) is 5.76 Å². The molecule has 0 fully saturated rings. The van der Waals surface area contributed by atoms with Crippen molar-refractivity contribution in [3.63, 3.8) is 0 Å². The van der Waals surface area contributed by atoms with Crippen LogP contribution in [0.1, 0.15) is 38.1 Å². The van der Waals surface area contributed by atoms with Gasteiger partial charge in [0.25, 0.3) is 0 Å². The van der Waals surface area contributed by atoms with Crippen molar-refractivity contribution in [3.8, 4) is 11.5 Å². The minimum absolute atomic E-state index is 0.358. The molecule has 140 valence electrons. The highest BCUT2D eigenvalue weighted by Crippen LogP contribution is 2.21. The molecule has 0 aliphatic carbocycles. The molecule has 0 saturated heterocycles. The summed E-state index contributed by atoms with van der Waals surface area (Å²) in [7, 11) is 1.37. The van der Waals surface area contributed by atoms with Crippen molar-refractivity contribution in [2.75, 3.05) is 13.7 Å². The van der Waals surface area contributed by atoms with Crippen molar-refractivity contribution in [1.82, 2.24) is 4.98 Å². The molecule has 5 heteroatoms. The van der Waals surface area contributed by atoms with E-state index in [0.29, 0.717) is 12.5 Å². The molecule has 0 N–H and O–H groups in total. The second-order valence-corrected chi connectivity index (χ2v) is 6.56. The fraction of sp³-hybridized carbons (Fsp3) is 0.429. The summed E-state index contributed by atoms with van der Waals surface area (Å²) in [4.78, 5) is 16.1. The van der Waals surface area contributed by atoms with Crippen LogP contribution in [0.3, 0.4) is 0 Å². The zero-order chi connectivity index (χ0) is 19.0. The SMILES string of the molecule is COC(=O)C(C)(C)OCCCC=CCc1nc(-c2ccccc2)oc1C. The molecule has 0 bridgehead atoms. The van der Waals surface area contributed by atoms with Crippen LogP contribution < -0.4 is 0 Å². The van der Waals surface area contributed by atoms with Gasteiger partial charge in [0.15, 0.2) is 5.60 Å². The van der Waals surface area contributed by atoms with Crippen LogP contribution in [0.2, 0.25) is 0 Å². The number of benzene rings is 1. The summed E-state index contributed by atoms with van der Waals surface area (Å²) in [6, 6.07) is 9.89. The number of allylic oxidation sites excluding steroid dienone is 2. The lowest BCUT2D eigenvalue weighted by Gasteiger charge is -2.21. The van der Waals surface area contributed by atoms with Gasteiger partial charge in [-0.25, -0.2) is 9.78 Å². The number of aromatic nitrogens is 1. The van der Waals surface area contributed by atoms with E-state index in [9.17, 15) is 4.79 Å². The van der Waals surface area contributed by atoms with Crippen LogP contribution in [-0.4, -0.2) is 30.3 Å². The van der Waals surface area contributed by atoms with E-state index in [-0.39, 0.29) is 5.97 Å². The van der Waals surface area contributed by atoms with Gasteiger partial charge < -0.3 is 13.9 Å². The summed E-state index contributed by atoms with van der Waals surface area (Å²) in [5.74, 6) is 1.14. The van der Waals surface area contributed by atoms with Crippen molar-refractivity contribution in [3.05, 3.63) is 53.9 Å². The highest BCUT2D eigenvalue weighted by atomic mass is 16.6. The number of rotatable bonds is 9. The summed E-state index contributed by atoms with van der Waals surface area (Å²) in [6.07, 6.45) is 6.64. The first kappa shape index (κ1) is 19.9. The summed E-state index contributed by atoms with van der Waals surface area (Å²) < 4.78 is 16.1. The van der Waals surface area contributed by atoms with Gasteiger partial charge in [0.05, 0.1) is 12.8 Å². The Kier molecular flexibility index (Phi) is 7.16. The number of esters is 1. The number of oxazole rings is 1. The molecule has 2 rings (SSSR count). The quantitative estimate of drug-likeness (QED) is 0.376. The molecule has 0 atom stereocenters. The van der Waals surface area contributed by atoms with Crippen molar-refractivity contribution in [2.24, 2.45) is 0 Å². The van der Waals surface area contributed by atoms with Crippen LogP contribution in [0.5, 0.6) is 0 Å². The normalized spacial score (nSPS) is 11.8. The fourth-order valence-electron chi connectivity index (χ4n) is 2.47. The minimum Gasteiger partial charge on any atom is -0.467 e. The Hall–Kier alpha value is -2.40. The number of hydrogen-bond acceptors (Lipinski definition) is 5. The zero-order valence-electron chi connectivity index (χ0n) is 16.0. The Morgan fingerprint density at radius 3 is 2.65 bits per heavy atom. The molecule has 26 heavy (non-hydrogen) atoms. The molecular formula is C21H27NO4. The number of nitrogens with zero attached hydrogens (tertiary/aromatic N) is 1. The van der Waals surface area contributed by atoms with Crippen LogP contribution in [0.15, 0.2) is 46.9 Å². The number of carbonyl (C=O) groups is 1. The average Bonchev–Trinajstić information content (AvgIpc) is 3.01. The Balaban J connectivity index is 1.76. The number of aryl methyl sites for hydroxylation is 1. The van der Waals surface area contributed by atoms with Gasteiger partial charge in [0, 0.05) is 18.6 Å². The van der Waals surface area contributed by atoms with E-state index in [0.717, 1.165) is 36.3 Å². The van der Waals surface area contributed by atoms with E-state index in [2.05, 4.69) is 17.1 Å². The fourth-order valence-corrected chi connectivity index (χ4v) is 2.47. The van der Waals surface area contributed by atoms with Gasteiger partial charge in [-0.05, 0) is 45.7 Å². The Morgan fingerprint density at radius 2 is 1.96 bits per heavy atom. The Labute approximate surface area is 155 Å². The number of hydrogen-bond donors (Lipinski definition) is 0. The van der Waals surface area contributed by atoms with Gasteiger partial charge in [-0.3, -0.25) is 0 Å². The lowest BCUT2D eigenvalue weighted by Crippen LogP contribution is -2.36. The first-order valence-corrected chi connectivity index (χ1v) is 8.83. The largest absolute Gasteiger partial charge is 0.467 e. The second kappa shape index (κ2) is 9.34. The molecule has 1 heterocycles. The molecule has 1 aromatic carbocycles. The minimum atomic E-state index is -0.899. The topological polar surface area (TPSA) is 61.6 Å². The molecule has 2 aromatic rings. The third-order valence-electron chi connectivity index (χ3n) is 4.05. The van der Waals surface area contributed by atoms with E-state index in [1.165, 1.54) is 7.11 Å². The van der Waals surface area contributed by atoms with Gasteiger partial charge in [-0.15, -0.1) is 0 Å². The third kappa shape index (κ3) is 5.56. The van der Waals surface area contributed by atoms with Gasteiger partial charge in [-0.1, -0.05) is 30.4 Å². The molecule has 5 nitrogen and oxygen atoms in total. The van der Waals surface area contributed by atoms with Crippen molar-refractivity contribution in [2.45, 2.75) is 45.6 Å². The maximum atomic E-state index is 11.5. The number of carbonyl (C=O) groups excluding carboxylic acids is 1. The number of methoxy groups -OCH3 is 1. The van der Waals surface area contributed by atoms with Gasteiger partial charge in [-0.2, -0.15) is 0 Å². The molecule has 0 amide bonds. The smallest absolute Gasteiger partial charge is 0.337 e. The van der Waals surface area contributed by atoms with Gasteiger partial charge in [0.2, 0.25) is 5.89 Å². The second-order valence-electron chi connectivity index (χ2n) is 6.56. The molecule has 0 aliphatic heterocycles. The van der Waals surface area contributed by atoms with Crippen LogP contribution in [-0.2, 0) is 20.7 Å². The lowest BCUT2D eigenvalue weighted by molar-refractivity contribution is -0.165. The highest BCUT2D eigenvalue weighted by molar-refractivity contribution is 5.78. The van der Waals surface area contributed by atoms with E-state index in [1.54, 1.807) is 13.8 Å². The van der Waals surface area contributed by atoms with Crippen LogP contribution in [0.4, 0.5) is 0 Å². The van der Waals surface area contributed by atoms with E-state index in [4.69, 9.17) is 13.9 Å². The summed E-state index contributed by atoms with van der Waals surface area (Å²) in [5, 5.41) is 0. The number of ether oxygens (including phenoxy) is 2. The zero-order valence-corrected chi connectivity index (χ0v) is 16.0. The van der Waals surface area contributed by atoms with E-state index in [1.807, 2.05) is 37.3 Å². The molecular weight excluding hydrogens is 330 g/mol. The highest BCUT2D eigenvalue weighted by Gasteiger charge is 2.29. The molecule has 0 aliphatic rings. The molecule has 0 saturated carbocycles. The standard InChI is InChI=1S/C21H27NO4/c1-16-18(22-19(26-16)17-12-8-7-9-13-17)14-10-5-6-11-15-25-21(2,3)20(23)24-4/h5,7-10,12-13H,6,11,14-15H2,1-4H3. The molecule has 0 unspecified atom stereocenters. The Bertz CT molecular complexity index is 732. The van der Waals surface area contributed by atoms with Crippen LogP contribution in [0.25, 0.3) is 11.5 Å². The third-order valence-corrected chi connectivity index (χ3v) is 4.05. The predicted molar refractivity (Wildman–Crippen MR) is 101 cm³/mol. The summed E-state index contributed by atoms with van der Waals surface area (Å²) in [6.45, 7) is 5.87. The first-order chi connectivity index (χ1) is 12.4. The maximum absolute atomic E-state index is 11.5. The van der Waals surface area contributed by atoms with Crippen molar-refractivity contribution >= 4 is 5.97 Å². The maximum Gasteiger partial charge on any atom is 0.337 e. The lowest BCUT2D eigenvalue weighted by atomic mass is 10.1. The van der Waals surface area contributed by atoms with E-state index >= 15 is 0 Å². The predicted octanol–water partition coefficient (Wildman–Crippen LogP) is 4.50. The van der Waals surface area contributed by atoms with Crippen molar-refractivity contribution in [1.29, 1.82) is 0 Å². The first-order valence-electron chi connectivity index (χ1n) is 8.83. The van der Waals surface area contributed by atoms with Crippen molar-refractivity contribution < 1.29 is 18.7 Å². The molecule has 0 spiro atoms. The van der Waals surface area contributed by atoms with E-state index < -0.39 is 5.60 Å². The Morgan fingerprint density at radius 1 is 1.23 bits per heavy atom. The summed E-state index contributed by atoms with van der Waals surface area (Å²) in [5.41, 5.74) is 1.03.